The second-order valence-electron chi connectivity index (χ2n) is 2.64. The smallest absolute Gasteiger partial charge is 0.107 e. The largest absolute Gasteiger partial charge is 0.372 e. The fourth-order valence-corrected chi connectivity index (χ4v) is 1.18. The van der Waals surface area contributed by atoms with Crippen LogP contribution >= 0.6 is 0 Å². The van der Waals surface area contributed by atoms with Gasteiger partial charge < -0.3 is 5.32 Å². The molecule has 0 atom stereocenters. The summed E-state index contributed by atoms with van der Waals surface area (Å²) in [6, 6.07) is 10.2. The lowest BCUT2D eigenvalue weighted by Crippen LogP contribution is -2.10. The summed E-state index contributed by atoms with van der Waals surface area (Å²) in [7, 11) is 0. The van der Waals surface area contributed by atoms with Gasteiger partial charge in [0.05, 0.1) is 0 Å². The summed E-state index contributed by atoms with van der Waals surface area (Å²) in [6.07, 6.45) is 3.88. The molecule has 1 aromatic rings. The van der Waals surface area contributed by atoms with Crippen molar-refractivity contribution in [2.45, 2.75) is 0 Å². The average molecular weight is 158 g/mol. The summed E-state index contributed by atoms with van der Waals surface area (Å²) in [5, 5.41) is 3.07. The highest BCUT2D eigenvalue weighted by atomic mass is 15.0. The minimum Gasteiger partial charge on any atom is -0.372 e. The first-order valence-electron chi connectivity index (χ1n) is 3.95. The van der Waals surface area contributed by atoms with Crippen LogP contribution < -0.4 is 5.32 Å². The molecular formula is C10H10N2. The van der Waals surface area contributed by atoms with Crippen LogP contribution in [0.15, 0.2) is 41.5 Å². The van der Waals surface area contributed by atoms with E-state index in [0.29, 0.717) is 6.67 Å². The molecule has 2 rings (SSSR count). The van der Waals surface area contributed by atoms with Crippen LogP contribution in [-0.2, 0) is 0 Å². The van der Waals surface area contributed by atoms with Gasteiger partial charge in [-0.05, 0) is 5.56 Å². The maximum atomic E-state index is 4.13. The van der Waals surface area contributed by atoms with Gasteiger partial charge in [0.25, 0.3) is 0 Å². The van der Waals surface area contributed by atoms with E-state index in [1.165, 1.54) is 5.56 Å². The topological polar surface area (TPSA) is 24.4 Å². The van der Waals surface area contributed by atoms with Crippen molar-refractivity contribution < 1.29 is 0 Å². The van der Waals surface area contributed by atoms with Crippen molar-refractivity contribution >= 4 is 11.8 Å². The number of nitrogens with zero attached hydrogens (tertiary/aromatic N) is 1. The van der Waals surface area contributed by atoms with Crippen molar-refractivity contribution in [3.8, 4) is 0 Å². The van der Waals surface area contributed by atoms with E-state index < -0.39 is 0 Å². The first-order chi connectivity index (χ1) is 5.97. The van der Waals surface area contributed by atoms with Gasteiger partial charge in [-0.2, -0.15) is 0 Å². The fourth-order valence-electron chi connectivity index (χ4n) is 1.18. The molecule has 0 radical (unpaired) electrons. The second kappa shape index (κ2) is 3.22. The highest BCUT2D eigenvalue weighted by Gasteiger charge is 1.98. The predicted octanol–water partition coefficient (Wildman–Crippen LogP) is 1.66. The zero-order valence-electron chi connectivity index (χ0n) is 6.70. The quantitative estimate of drug-likeness (QED) is 0.660. The first-order valence-corrected chi connectivity index (χ1v) is 3.95. The summed E-state index contributed by atoms with van der Waals surface area (Å²) >= 11 is 0. The summed E-state index contributed by atoms with van der Waals surface area (Å²) < 4.78 is 0. The van der Waals surface area contributed by atoms with E-state index in [4.69, 9.17) is 0 Å². The molecule has 1 heterocycles. The molecular weight excluding hydrogens is 148 g/mol. The molecule has 60 valence electrons. The molecule has 2 heteroatoms. The molecule has 0 unspecified atom stereocenters. The van der Waals surface area contributed by atoms with Crippen molar-refractivity contribution in [1.29, 1.82) is 0 Å². The van der Waals surface area contributed by atoms with Gasteiger partial charge in [-0.1, -0.05) is 30.3 Å². The Labute approximate surface area is 71.6 Å². The minimum absolute atomic E-state index is 0.691. The van der Waals surface area contributed by atoms with Crippen molar-refractivity contribution in [1.82, 2.24) is 5.32 Å². The van der Waals surface area contributed by atoms with E-state index in [0.717, 1.165) is 5.57 Å². The maximum Gasteiger partial charge on any atom is 0.107 e. The molecule has 0 aliphatic carbocycles. The van der Waals surface area contributed by atoms with Crippen LogP contribution in [0, 0.1) is 0 Å². The molecule has 0 bridgehead atoms. The van der Waals surface area contributed by atoms with Crippen LogP contribution in [-0.4, -0.2) is 12.9 Å². The van der Waals surface area contributed by atoms with Crippen LogP contribution in [0.5, 0.6) is 0 Å². The van der Waals surface area contributed by atoms with Crippen molar-refractivity contribution in [3.63, 3.8) is 0 Å². The van der Waals surface area contributed by atoms with Crippen molar-refractivity contribution in [2.24, 2.45) is 4.99 Å². The molecule has 1 aliphatic heterocycles. The van der Waals surface area contributed by atoms with Gasteiger partial charge in [-0.25, -0.2) is 0 Å². The Morgan fingerprint density at radius 1 is 1.17 bits per heavy atom. The average Bonchev–Trinajstić information content (AvgIpc) is 2.21. The number of benzene rings is 1. The van der Waals surface area contributed by atoms with Gasteiger partial charge >= 0.3 is 0 Å². The lowest BCUT2D eigenvalue weighted by molar-refractivity contribution is 0.882. The molecule has 1 N–H and O–H groups in total. The fraction of sp³-hybridized carbons (Fsp3) is 0.100. The van der Waals surface area contributed by atoms with Crippen LogP contribution in [0.3, 0.4) is 0 Å². The van der Waals surface area contributed by atoms with Gasteiger partial charge in [0, 0.05) is 18.0 Å². The van der Waals surface area contributed by atoms with Gasteiger partial charge in [-0.3, -0.25) is 4.99 Å². The summed E-state index contributed by atoms with van der Waals surface area (Å²) in [5.74, 6) is 0. The van der Waals surface area contributed by atoms with E-state index in [1.807, 2.05) is 30.6 Å². The lowest BCUT2D eigenvalue weighted by Gasteiger charge is -2.07. The standard InChI is InChI=1S/C10H10N2/c1-2-4-9(5-3-1)10-6-11-8-12-7-10/h1-7,11H,8H2. The van der Waals surface area contributed by atoms with Gasteiger partial charge in [-0.15, -0.1) is 0 Å². The summed E-state index contributed by atoms with van der Waals surface area (Å²) in [6.45, 7) is 0.691. The van der Waals surface area contributed by atoms with Crippen LogP contribution in [0.4, 0.5) is 0 Å². The highest BCUT2D eigenvalue weighted by molar-refractivity contribution is 6.10. The molecule has 1 aromatic carbocycles. The number of nitrogens with one attached hydrogen (secondary N) is 1. The van der Waals surface area contributed by atoms with E-state index in [-0.39, 0.29) is 0 Å². The zero-order chi connectivity index (χ0) is 8.23. The third kappa shape index (κ3) is 1.37. The predicted molar refractivity (Wildman–Crippen MR) is 50.9 cm³/mol. The Morgan fingerprint density at radius 3 is 2.67 bits per heavy atom. The summed E-state index contributed by atoms with van der Waals surface area (Å²) in [5.41, 5.74) is 2.34. The monoisotopic (exact) mass is 158 g/mol. The Bertz CT molecular complexity index is 312. The Hall–Kier alpha value is -1.57. The summed E-state index contributed by atoms with van der Waals surface area (Å²) in [4.78, 5) is 4.13. The molecule has 2 nitrogen and oxygen atoms in total. The van der Waals surface area contributed by atoms with E-state index in [1.54, 1.807) is 0 Å². The molecule has 0 fully saturated rings. The Morgan fingerprint density at radius 2 is 2.00 bits per heavy atom. The van der Waals surface area contributed by atoms with Gasteiger partial charge in [0.2, 0.25) is 0 Å². The third-order valence-corrected chi connectivity index (χ3v) is 1.78. The molecule has 12 heavy (non-hydrogen) atoms. The molecule has 0 aromatic heterocycles. The van der Waals surface area contributed by atoms with Crippen LogP contribution in [0.2, 0.25) is 0 Å². The number of aliphatic imine (C=N–C) groups is 1. The van der Waals surface area contributed by atoms with Gasteiger partial charge in [0.1, 0.15) is 6.67 Å². The van der Waals surface area contributed by atoms with E-state index in [2.05, 4.69) is 22.4 Å². The van der Waals surface area contributed by atoms with Crippen LogP contribution in [0.25, 0.3) is 5.57 Å². The molecule has 0 saturated heterocycles. The van der Waals surface area contributed by atoms with E-state index >= 15 is 0 Å². The van der Waals surface area contributed by atoms with Crippen LogP contribution in [0.1, 0.15) is 5.56 Å². The third-order valence-electron chi connectivity index (χ3n) is 1.78. The Balaban J connectivity index is 2.31. The lowest BCUT2D eigenvalue weighted by atomic mass is 10.1. The van der Waals surface area contributed by atoms with Crippen molar-refractivity contribution in [3.05, 3.63) is 42.1 Å². The second-order valence-corrected chi connectivity index (χ2v) is 2.64. The van der Waals surface area contributed by atoms with E-state index in [9.17, 15) is 0 Å². The van der Waals surface area contributed by atoms with Gasteiger partial charge in [0.15, 0.2) is 0 Å². The zero-order valence-corrected chi connectivity index (χ0v) is 6.70. The number of rotatable bonds is 1. The Kier molecular flexibility index (Phi) is 1.90. The molecule has 0 amide bonds. The first kappa shape index (κ1) is 7.10. The maximum absolute atomic E-state index is 4.13. The number of hydrogen-bond donors (Lipinski definition) is 1. The molecule has 0 saturated carbocycles. The number of hydrogen-bond acceptors (Lipinski definition) is 2. The SMILES string of the molecule is C1=NCNC=C1c1ccccc1. The molecule has 0 spiro atoms. The molecule has 1 aliphatic rings. The highest BCUT2D eigenvalue weighted by Crippen LogP contribution is 2.11. The normalized spacial score (nSPS) is 15.2. The minimum atomic E-state index is 0.691. The van der Waals surface area contributed by atoms with Crippen molar-refractivity contribution in [2.75, 3.05) is 6.67 Å². The number of allylic oxidation sites excluding steroid dienone is 1.